The van der Waals surface area contributed by atoms with Crippen LogP contribution in [0, 0.1) is 19.3 Å². The fraction of sp³-hybridized carbons (Fsp3) is 0.526. The molecule has 0 radical (unpaired) electrons. The van der Waals surface area contributed by atoms with Gasteiger partial charge < -0.3 is 10.1 Å². The maximum absolute atomic E-state index is 13.3. The van der Waals surface area contributed by atoms with Crippen LogP contribution in [0.2, 0.25) is 0 Å². The number of aromatic nitrogens is 2. The highest BCUT2D eigenvalue weighted by Crippen LogP contribution is 2.30. The Bertz CT molecular complexity index is 936. The average Bonchev–Trinajstić information content (AvgIpc) is 3.27. The van der Waals surface area contributed by atoms with Crippen molar-refractivity contribution in [2.75, 3.05) is 18.9 Å². The maximum Gasteiger partial charge on any atom is 0.263 e. The van der Waals surface area contributed by atoms with Gasteiger partial charge in [-0.3, -0.25) is 14.2 Å². The van der Waals surface area contributed by atoms with Crippen LogP contribution in [0.5, 0.6) is 0 Å². The SMILES string of the molecule is C#CCNC(=O)CSc1nc2sc(C)c(CC)c2c(=O)n1C[C@@H]1CCCO1. The standard InChI is InChI=1S/C19H23N3O3S2/c1-4-8-20-15(23)11-26-19-21-17-16(14(5-2)12(3)27-17)18(24)22(19)10-13-7-6-9-25-13/h1,13H,5-11H2,2-3H3,(H,20,23)/t13-/m0/s1. The van der Waals surface area contributed by atoms with E-state index in [0.717, 1.165) is 41.1 Å². The van der Waals surface area contributed by atoms with Crippen LogP contribution in [-0.2, 0) is 22.5 Å². The van der Waals surface area contributed by atoms with Gasteiger partial charge in [-0.15, -0.1) is 17.8 Å². The molecule has 1 amide bonds. The zero-order valence-corrected chi connectivity index (χ0v) is 17.2. The third-order valence-corrected chi connectivity index (χ3v) is 6.58. The highest BCUT2D eigenvalue weighted by atomic mass is 32.2. The number of carbonyl (C=O) groups excluding carboxylic acids is 1. The van der Waals surface area contributed by atoms with Crippen molar-refractivity contribution in [1.82, 2.24) is 14.9 Å². The van der Waals surface area contributed by atoms with Crippen molar-refractivity contribution in [3.8, 4) is 12.3 Å². The number of aryl methyl sites for hydroxylation is 2. The number of carbonyl (C=O) groups is 1. The number of hydrogen-bond acceptors (Lipinski definition) is 6. The fourth-order valence-corrected chi connectivity index (χ4v) is 5.24. The summed E-state index contributed by atoms with van der Waals surface area (Å²) in [5.41, 5.74) is 1.03. The molecule has 27 heavy (non-hydrogen) atoms. The van der Waals surface area contributed by atoms with Crippen LogP contribution >= 0.6 is 23.1 Å². The summed E-state index contributed by atoms with van der Waals surface area (Å²) in [5.74, 6) is 2.37. The van der Waals surface area contributed by atoms with Crippen LogP contribution in [-0.4, -0.2) is 40.5 Å². The summed E-state index contributed by atoms with van der Waals surface area (Å²) in [4.78, 5) is 31.8. The molecule has 8 heteroatoms. The van der Waals surface area contributed by atoms with Gasteiger partial charge in [0.1, 0.15) is 4.83 Å². The first-order valence-electron chi connectivity index (χ1n) is 9.02. The van der Waals surface area contributed by atoms with Gasteiger partial charge in [-0.2, -0.15) is 0 Å². The number of rotatable bonds is 7. The van der Waals surface area contributed by atoms with E-state index in [1.165, 1.54) is 23.1 Å². The van der Waals surface area contributed by atoms with E-state index in [1.807, 2.05) is 6.92 Å². The zero-order chi connectivity index (χ0) is 19.4. The minimum absolute atomic E-state index is 0.0152. The van der Waals surface area contributed by atoms with Crippen LogP contribution in [0.3, 0.4) is 0 Å². The largest absolute Gasteiger partial charge is 0.376 e. The molecule has 1 N–H and O–H groups in total. The van der Waals surface area contributed by atoms with E-state index < -0.39 is 0 Å². The molecule has 0 aromatic carbocycles. The molecule has 2 aromatic rings. The number of fused-ring (bicyclic) bond motifs is 1. The lowest BCUT2D eigenvalue weighted by molar-refractivity contribution is -0.118. The maximum atomic E-state index is 13.3. The number of hydrogen-bond donors (Lipinski definition) is 1. The summed E-state index contributed by atoms with van der Waals surface area (Å²) in [6.45, 7) is 5.46. The average molecular weight is 406 g/mol. The Morgan fingerprint density at radius 3 is 3.04 bits per heavy atom. The molecule has 2 aromatic heterocycles. The Hall–Kier alpha value is -1.82. The highest BCUT2D eigenvalue weighted by molar-refractivity contribution is 7.99. The lowest BCUT2D eigenvalue weighted by Crippen LogP contribution is -2.30. The van der Waals surface area contributed by atoms with Gasteiger partial charge in [-0.25, -0.2) is 4.98 Å². The number of thioether (sulfide) groups is 1. The van der Waals surface area contributed by atoms with E-state index in [0.29, 0.717) is 17.1 Å². The predicted molar refractivity (Wildman–Crippen MR) is 110 cm³/mol. The minimum Gasteiger partial charge on any atom is -0.376 e. The van der Waals surface area contributed by atoms with E-state index >= 15 is 0 Å². The topological polar surface area (TPSA) is 73.2 Å². The Balaban J connectivity index is 1.97. The summed E-state index contributed by atoms with van der Waals surface area (Å²) in [6.07, 6.45) is 7.91. The molecule has 1 saturated heterocycles. The molecule has 0 unspecified atom stereocenters. The Morgan fingerprint density at radius 2 is 2.37 bits per heavy atom. The molecule has 0 spiro atoms. The lowest BCUT2D eigenvalue weighted by Gasteiger charge is -2.16. The number of ether oxygens (including phenoxy) is 1. The summed E-state index contributed by atoms with van der Waals surface area (Å²) in [7, 11) is 0. The van der Waals surface area contributed by atoms with Crippen LogP contribution < -0.4 is 10.9 Å². The molecule has 1 fully saturated rings. The van der Waals surface area contributed by atoms with Crippen molar-refractivity contribution >= 4 is 39.2 Å². The molecule has 3 heterocycles. The van der Waals surface area contributed by atoms with E-state index in [4.69, 9.17) is 16.1 Å². The van der Waals surface area contributed by atoms with Crippen molar-refractivity contribution in [2.45, 2.75) is 50.9 Å². The first-order chi connectivity index (χ1) is 13.0. The second-order valence-electron chi connectivity index (χ2n) is 6.39. The zero-order valence-electron chi connectivity index (χ0n) is 15.5. The van der Waals surface area contributed by atoms with Gasteiger partial charge in [0.25, 0.3) is 5.56 Å². The van der Waals surface area contributed by atoms with E-state index in [1.54, 1.807) is 4.57 Å². The summed E-state index contributed by atoms with van der Waals surface area (Å²) in [5, 5.41) is 3.90. The number of nitrogens with one attached hydrogen (secondary N) is 1. The quantitative estimate of drug-likeness (QED) is 0.435. The molecule has 0 aliphatic carbocycles. The third kappa shape index (κ3) is 4.37. The second kappa shape index (κ2) is 8.91. The molecule has 6 nitrogen and oxygen atoms in total. The summed E-state index contributed by atoms with van der Waals surface area (Å²) >= 11 is 2.80. The second-order valence-corrected chi connectivity index (χ2v) is 8.53. The van der Waals surface area contributed by atoms with Gasteiger partial charge in [-0.1, -0.05) is 24.6 Å². The summed E-state index contributed by atoms with van der Waals surface area (Å²) < 4.78 is 7.41. The van der Waals surface area contributed by atoms with Crippen LogP contribution in [0.25, 0.3) is 10.2 Å². The number of nitrogens with zero attached hydrogens (tertiary/aromatic N) is 2. The van der Waals surface area contributed by atoms with Crippen molar-refractivity contribution in [3.63, 3.8) is 0 Å². The van der Waals surface area contributed by atoms with Gasteiger partial charge in [0.05, 0.1) is 30.3 Å². The monoisotopic (exact) mass is 405 g/mol. The van der Waals surface area contributed by atoms with Gasteiger partial charge in [0.2, 0.25) is 5.91 Å². The number of amides is 1. The van der Waals surface area contributed by atoms with Crippen LogP contribution in [0.4, 0.5) is 0 Å². The first kappa shape index (κ1) is 19.9. The highest BCUT2D eigenvalue weighted by Gasteiger charge is 2.23. The van der Waals surface area contributed by atoms with E-state index in [-0.39, 0.29) is 29.9 Å². The smallest absolute Gasteiger partial charge is 0.263 e. The normalized spacial score (nSPS) is 16.6. The Labute approximate surface area is 166 Å². The fourth-order valence-electron chi connectivity index (χ4n) is 3.25. The third-order valence-electron chi connectivity index (χ3n) is 4.56. The van der Waals surface area contributed by atoms with Crippen molar-refractivity contribution in [2.24, 2.45) is 0 Å². The molecule has 3 rings (SSSR count). The van der Waals surface area contributed by atoms with Gasteiger partial charge >= 0.3 is 0 Å². The Kier molecular flexibility index (Phi) is 6.58. The molecular weight excluding hydrogens is 382 g/mol. The molecular formula is C19H23N3O3S2. The summed E-state index contributed by atoms with van der Waals surface area (Å²) in [6, 6.07) is 0. The number of terminal acetylenes is 1. The molecule has 144 valence electrons. The lowest BCUT2D eigenvalue weighted by atomic mass is 10.1. The van der Waals surface area contributed by atoms with Crippen molar-refractivity contribution in [1.29, 1.82) is 0 Å². The van der Waals surface area contributed by atoms with Crippen LogP contribution in [0.15, 0.2) is 9.95 Å². The first-order valence-corrected chi connectivity index (χ1v) is 10.8. The van der Waals surface area contributed by atoms with E-state index in [9.17, 15) is 9.59 Å². The molecule has 1 aliphatic heterocycles. The molecule has 1 atom stereocenters. The predicted octanol–water partition coefficient (Wildman–Crippen LogP) is 2.35. The Morgan fingerprint density at radius 1 is 1.56 bits per heavy atom. The van der Waals surface area contributed by atoms with Crippen LogP contribution in [0.1, 0.15) is 30.2 Å². The van der Waals surface area contributed by atoms with Crippen molar-refractivity contribution < 1.29 is 9.53 Å². The minimum atomic E-state index is -0.174. The van der Waals surface area contributed by atoms with Gasteiger partial charge in [0.15, 0.2) is 5.16 Å². The molecule has 0 bridgehead atoms. The van der Waals surface area contributed by atoms with Gasteiger partial charge in [0, 0.05) is 11.5 Å². The number of thiophene rings is 1. The van der Waals surface area contributed by atoms with E-state index in [2.05, 4.69) is 18.2 Å². The molecule has 1 aliphatic rings. The van der Waals surface area contributed by atoms with Gasteiger partial charge in [-0.05, 0) is 31.7 Å². The molecule has 0 saturated carbocycles. The van der Waals surface area contributed by atoms with Crippen molar-refractivity contribution in [3.05, 3.63) is 20.8 Å².